The van der Waals surface area contributed by atoms with E-state index < -0.39 is 17.8 Å². The van der Waals surface area contributed by atoms with Crippen LogP contribution < -0.4 is 26.6 Å². The Morgan fingerprint density at radius 2 is 0.828 bits per heavy atom. The number of nitrogens with one attached hydrogen (secondary N) is 5. The molecule has 0 saturated heterocycles. The molecule has 0 aromatic carbocycles. The third-order valence-corrected chi connectivity index (χ3v) is 4.44. The number of carbonyl (C=O) groups excluding carboxylic acids is 5. The third kappa shape index (κ3) is 11.1. The molecule has 29 heavy (non-hydrogen) atoms. The molecule has 4 atom stereocenters. The minimum Gasteiger partial charge on any atom is -0.359 e. The number of hydrogen-bond acceptors (Lipinski definition) is 5. The van der Waals surface area contributed by atoms with E-state index in [9.17, 15) is 24.0 Å². The molecule has 0 aromatic heterocycles. The van der Waals surface area contributed by atoms with Crippen LogP contribution in [0.4, 0.5) is 0 Å². The van der Waals surface area contributed by atoms with Crippen molar-refractivity contribution in [3.8, 4) is 0 Å². The first-order valence-corrected chi connectivity index (χ1v) is 9.78. The summed E-state index contributed by atoms with van der Waals surface area (Å²) in [5, 5.41) is 13.1. The Hall–Kier alpha value is -2.65. The Morgan fingerprint density at radius 1 is 0.552 bits per heavy atom. The van der Waals surface area contributed by atoms with Crippen LogP contribution >= 0.6 is 0 Å². The molecule has 0 aliphatic carbocycles. The highest BCUT2D eigenvalue weighted by molar-refractivity contribution is 5.84. The van der Waals surface area contributed by atoms with Crippen molar-refractivity contribution < 1.29 is 24.0 Å². The lowest BCUT2D eigenvalue weighted by molar-refractivity contribution is -0.127. The summed E-state index contributed by atoms with van der Waals surface area (Å²) in [7, 11) is 1.53. The largest absolute Gasteiger partial charge is 0.359 e. The van der Waals surface area contributed by atoms with Gasteiger partial charge in [-0.25, -0.2) is 0 Å². The molecular weight excluding hydrogens is 378 g/mol. The Morgan fingerprint density at radius 3 is 1.10 bits per heavy atom. The second kappa shape index (κ2) is 13.5. The van der Waals surface area contributed by atoms with Gasteiger partial charge in [0.05, 0.1) is 23.7 Å². The van der Waals surface area contributed by atoms with Crippen molar-refractivity contribution in [2.45, 2.75) is 34.6 Å². The van der Waals surface area contributed by atoms with Crippen LogP contribution in [-0.2, 0) is 24.0 Å². The molecule has 0 heterocycles. The summed E-state index contributed by atoms with van der Waals surface area (Å²) in [6, 6.07) is 0. The predicted octanol–water partition coefficient (Wildman–Crippen LogP) is -1.24. The molecule has 0 aliphatic rings. The van der Waals surface area contributed by atoms with E-state index >= 15 is 0 Å². The van der Waals surface area contributed by atoms with Crippen LogP contribution in [0.3, 0.4) is 0 Å². The van der Waals surface area contributed by atoms with Gasteiger partial charge < -0.3 is 26.6 Å². The smallest absolute Gasteiger partial charge is 0.224 e. The van der Waals surface area contributed by atoms with Gasteiger partial charge in [-0.05, 0) is 0 Å². The normalized spacial score (nSPS) is 14.6. The van der Waals surface area contributed by atoms with Crippen molar-refractivity contribution in [2.75, 3.05) is 33.2 Å². The summed E-state index contributed by atoms with van der Waals surface area (Å²) in [6.07, 6.45) is 0. The summed E-state index contributed by atoms with van der Waals surface area (Å²) >= 11 is 0. The van der Waals surface area contributed by atoms with E-state index in [2.05, 4.69) is 26.6 Å². The van der Waals surface area contributed by atoms with Crippen molar-refractivity contribution in [3.05, 3.63) is 0 Å². The molecule has 0 aliphatic heterocycles. The van der Waals surface area contributed by atoms with Crippen LogP contribution in [0, 0.1) is 23.7 Å². The van der Waals surface area contributed by atoms with Gasteiger partial charge in [0.2, 0.25) is 29.5 Å². The maximum Gasteiger partial charge on any atom is 0.224 e. The van der Waals surface area contributed by atoms with Crippen LogP contribution in [0.2, 0.25) is 0 Å². The Balaban J connectivity index is 4.21. The minimum atomic E-state index is -0.476. The summed E-state index contributed by atoms with van der Waals surface area (Å²) in [6.45, 7) is 8.86. The maximum absolute atomic E-state index is 12.2. The molecule has 0 bridgehead atoms. The molecule has 166 valence electrons. The van der Waals surface area contributed by atoms with Gasteiger partial charge in [-0.15, -0.1) is 0 Å². The van der Waals surface area contributed by atoms with Crippen molar-refractivity contribution >= 4 is 29.5 Å². The lowest BCUT2D eigenvalue weighted by atomic mass is 10.1. The van der Waals surface area contributed by atoms with Crippen molar-refractivity contribution in [3.63, 3.8) is 0 Å². The van der Waals surface area contributed by atoms with Crippen LogP contribution in [0.25, 0.3) is 0 Å². The standard InChI is InChI=1S/C19H35N5O5/c1-11(16(26)20-6)8-22-18(28)13(3)10-24-19(29)14(4)9-23-17(27)12(2)7-21-15(5)25/h11-14H,7-10H2,1-6H3,(H,20,26)(H,21,25)(H,22,28)(H,23,27)(H,24,29). The van der Waals surface area contributed by atoms with E-state index in [4.69, 9.17) is 0 Å². The average Bonchev–Trinajstić information content (AvgIpc) is 2.70. The molecule has 4 unspecified atom stereocenters. The van der Waals surface area contributed by atoms with E-state index in [1.807, 2.05) is 0 Å². The topological polar surface area (TPSA) is 146 Å². The Bertz CT molecular complexity index is 596. The van der Waals surface area contributed by atoms with E-state index in [0.717, 1.165) is 0 Å². The highest BCUT2D eigenvalue weighted by Crippen LogP contribution is 2.00. The minimum absolute atomic E-state index is 0.149. The van der Waals surface area contributed by atoms with E-state index in [1.165, 1.54) is 14.0 Å². The predicted molar refractivity (Wildman–Crippen MR) is 108 cm³/mol. The lowest BCUT2D eigenvalue weighted by Gasteiger charge is -2.18. The van der Waals surface area contributed by atoms with E-state index in [-0.39, 0.29) is 61.6 Å². The van der Waals surface area contributed by atoms with Gasteiger partial charge in [0.25, 0.3) is 0 Å². The van der Waals surface area contributed by atoms with Gasteiger partial charge >= 0.3 is 0 Å². The Kier molecular flexibility index (Phi) is 12.3. The van der Waals surface area contributed by atoms with E-state index in [1.54, 1.807) is 27.7 Å². The third-order valence-electron chi connectivity index (χ3n) is 4.44. The fourth-order valence-electron chi connectivity index (χ4n) is 2.20. The first-order valence-electron chi connectivity index (χ1n) is 9.78. The fourth-order valence-corrected chi connectivity index (χ4v) is 2.20. The molecule has 10 nitrogen and oxygen atoms in total. The molecule has 5 amide bonds. The molecular formula is C19H35N5O5. The second-order valence-corrected chi connectivity index (χ2v) is 7.39. The van der Waals surface area contributed by atoms with E-state index in [0.29, 0.717) is 0 Å². The summed E-state index contributed by atoms with van der Waals surface area (Å²) < 4.78 is 0. The number of amides is 5. The molecule has 0 rings (SSSR count). The van der Waals surface area contributed by atoms with Crippen LogP contribution in [0.15, 0.2) is 0 Å². The summed E-state index contributed by atoms with van der Waals surface area (Å²) in [4.78, 5) is 58.5. The van der Waals surface area contributed by atoms with Gasteiger partial charge in [-0.2, -0.15) is 0 Å². The molecule has 0 saturated carbocycles. The fraction of sp³-hybridized carbons (Fsp3) is 0.737. The summed E-state index contributed by atoms with van der Waals surface area (Å²) in [5.41, 5.74) is 0. The first-order chi connectivity index (χ1) is 13.5. The second-order valence-electron chi connectivity index (χ2n) is 7.39. The molecule has 10 heteroatoms. The quantitative estimate of drug-likeness (QED) is 0.272. The number of hydrogen-bond donors (Lipinski definition) is 5. The van der Waals surface area contributed by atoms with Gasteiger partial charge in [0, 0.05) is 40.2 Å². The maximum atomic E-state index is 12.2. The van der Waals surface area contributed by atoms with Gasteiger partial charge in [0.15, 0.2) is 0 Å². The van der Waals surface area contributed by atoms with Crippen LogP contribution in [0.5, 0.6) is 0 Å². The monoisotopic (exact) mass is 413 g/mol. The van der Waals surface area contributed by atoms with Crippen LogP contribution in [-0.4, -0.2) is 62.8 Å². The molecule has 0 spiro atoms. The summed E-state index contributed by atoms with van der Waals surface area (Å²) in [5.74, 6) is -2.85. The van der Waals surface area contributed by atoms with Gasteiger partial charge in [-0.1, -0.05) is 27.7 Å². The average molecular weight is 414 g/mol. The zero-order valence-corrected chi connectivity index (χ0v) is 18.2. The number of carbonyl (C=O) groups is 5. The number of rotatable bonds is 12. The van der Waals surface area contributed by atoms with Crippen LogP contribution in [0.1, 0.15) is 34.6 Å². The molecule has 0 fully saturated rings. The molecule has 5 N–H and O–H groups in total. The highest BCUT2D eigenvalue weighted by atomic mass is 16.2. The SMILES string of the molecule is CNC(=O)C(C)CNC(=O)C(C)CNC(=O)C(C)CNC(=O)C(C)CNC(C)=O. The van der Waals surface area contributed by atoms with Gasteiger partial charge in [0.1, 0.15) is 0 Å². The Labute approximate surface area is 172 Å². The van der Waals surface area contributed by atoms with Crippen molar-refractivity contribution in [2.24, 2.45) is 23.7 Å². The molecule has 0 radical (unpaired) electrons. The van der Waals surface area contributed by atoms with Gasteiger partial charge in [-0.3, -0.25) is 24.0 Å². The van der Waals surface area contributed by atoms with Crippen molar-refractivity contribution in [1.82, 2.24) is 26.6 Å². The lowest BCUT2D eigenvalue weighted by Crippen LogP contribution is -2.44. The first kappa shape index (κ1) is 26.4. The molecule has 0 aromatic rings. The zero-order valence-electron chi connectivity index (χ0n) is 18.2. The van der Waals surface area contributed by atoms with Crippen molar-refractivity contribution in [1.29, 1.82) is 0 Å². The highest BCUT2D eigenvalue weighted by Gasteiger charge is 2.20. The zero-order chi connectivity index (χ0) is 22.6.